The number of hydrogen-bond donors (Lipinski definition) is 0. The first kappa shape index (κ1) is 19.7. The van der Waals surface area contributed by atoms with E-state index in [1.807, 2.05) is 20.8 Å². The van der Waals surface area contributed by atoms with Crippen LogP contribution in [0.4, 0.5) is 0 Å². The summed E-state index contributed by atoms with van der Waals surface area (Å²) in [5, 5.41) is 3.72. The van der Waals surface area contributed by atoms with Crippen molar-refractivity contribution in [3.63, 3.8) is 0 Å². The summed E-state index contributed by atoms with van der Waals surface area (Å²) < 4.78 is 29.6. The predicted molar refractivity (Wildman–Crippen MR) is 100 cm³/mol. The Kier molecular flexibility index (Phi) is 6.52. The van der Waals surface area contributed by atoms with Crippen molar-refractivity contribution in [3.8, 4) is 0 Å². The van der Waals surface area contributed by atoms with Crippen molar-refractivity contribution in [1.82, 2.24) is 4.90 Å². The van der Waals surface area contributed by atoms with Crippen LogP contribution in [0.1, 0.15) is 25.0 Å². The van der Waals surface area contributed by atoms with Gasteiger partial charge in [-0.2, -0.15) is 8.42 Å². The molecule has 2 aromatic rings. The largest absolute Gasteiger partial charge is 0.358 e. The highest BCUT2D eigenvalue weighted by Gasteiger charge is 2.22. The standard InChI is InChI=1S/C19H22N2O4S/c1-4-21(5-2)19(22)18(16-9-7-6-8-10-16)20-25-26(23,24)17-13-11-15(3)12-14-17/h6-14H,4-5H2,1-3H3. The number of aryl methyl sites for hydroxylation is 1. The molecule has 0 radical (unpaired) electrons. The number of rotatable bonds is 7. The van der Waals surface area contributed by atoms with Gasteiger partial charge < -0.3 is 4.90 Å². The average molecular weight is 374 g/mol. The molecule has 0 aromatic heterocycles. The van der Waals surface area contributed by atoms with E-state index in [9.17, 15) is 13.2 Å². The molecular weight excluding hydrogens is 352 g/mol. The van der Waals surface area contributed by atoms with Crippen molar-refractivity contribution in [3.05, 3.63) is 65.7 Å². The van der Waals surface area contributed by atoms with Crippen LogP contribution >= 0.6 is 0 Å². The first-order valence-electron chi connectivity index (χ1n) is 8.32. The Bertz CT molecular complexity index is 872. The second-order valence-electron chi connectivity index (χ2n) is 5.63. The van der Waals surface area contributed by atoms with E-state index in [2.05, 4.69) is 5.16 Å². The van der Waals surface area contributed by atoms with Crippen LogP contribution < -0.4 is 0 Å². The summed E-state index contributed by atoms with van der Waals surface area (Å²) in [4.78, 5) is 14.3. The van der Waals surface area contributed by atoms with Crippen molar-refractivity contribution in [2.45, 2.75) is 25.7 Å². The Balaban J connectivity index is 2.39. The minimum atomic E-state index is -4.11. The molecule has 1 amide bonds. The summed E-state index contributed by atoms with van der Waals surface area (Å²) >= 11 is 0. The van der Waals surface area contributed by atoms with Crippen LogP contribution in [-0.2, 0) is 19.2 Å². The van der Waals surface area contributed by atoms with Crippen LogP contribution in [0.2, 0.25) is 0 Å². The maximum absolute atomic E-state index is 12.7. The molecule has 0 unspecified atom stereocenters. The number of oxime groups is 1. The molecule has 7 heteroatoms. The molecular formula is C19H22N2O4S. The fourth-order valence-corrected chi connectivity index (χ4v) is 3.03. The topological polar surface area (TPSA) is 76.0 Å². The minimum Gasteiger partial charge on any atom is -0.338 e. The number of nitrogens with zero attached hydrogens (tertiary/aromatic N) is 2. The highest BCUT2D eigenvalue weighted by molar-refractivity contribution is 7.86. The van der Waals surface area contributed by atoms with Gasteiger partial charge in [0.25, 0.3) is 5.91 Å². The molecule has 6 nitrogen and oxygen atoms in total. The van der Waals surface area contributed by atoms with Crippen LogP contribution in [0.5, 0.6) is 0 Å². The first-order chi connectivity index (χ1) is 12.4. The molecule has 0 aliphatic carbocycles. The van der Waals surface area contributed by atoms with Gasteiger partial charge in [-0.25, -0.2) is 0 Å². The van der Waals surface area contributed by atoms with Gasteiger partial charge in [0, 0.05) is 18.7 Å². The third-order valence-electron chi connectivity index (χ3n) is 3.84. The lowest BCUT2D eigenvalue weighted by Gasteiger charge is -2.19. The number of likely N-dealkylation sites (N-methyl/N-ethyl adjacent to an activating group) is 1. The molecule has 0 bridgehead atoms. The van der Waals surface area contributed by atoms with Gasteiger partial charge >= 0.3 is 10.1 Å². The number of carbonyl (C=O) groups is 1. The second-order valence-corrected chi connectivity index (χ2v) is 7.15. The van der Waals surface area contributed by atoms with Gasteiger partial charge in [-0.1, -0.05) is 53.2 Å². The SMILES string of the molecule is CCN(CC)C(=O)C(=NOS(=O)(=O)c1ccc(C)cc1)c1ccccc1. The van der Waals surface area contributed by atoms with Crippen LogP contribution in [0.3, 0.4) is 0 Å². The molecule has 0 aliphatic rings. The van der Waals surface area contributed by atoms with E-state index >= 15 is 0 Å². The zero-order valence-electron chi connectivity index (χ0n) is 15.0. The summed E-state index contributed by atoms with van der Waals surface area (Å²) in [6.07, 6.45) is 0. The van der Waals surface area contributed by atoms with Crippen molar-refractivity contribution in [1.29, 1.82) is 0 Å². The summed E-state index contributed by atoms with van der Waals surface area (Å²) in [7, 11) is -4.11. The van der Waals surface area contributed by atoms with Crippen LogP contribution in [0, 0.1) is 6.92 Å². The van der Waals surface area contributed by atoms with Gasteiger partial charge in [-0.05, 0) is 32.9 Å². The third-order valence-corrected chi connectivity index (χ3v) is 4.96. The van der Waals surface area contributed by atoms with Gasteiger partial charge in [0.05, 0.1) is 0 Å². The van der Waals surface area contributed by atoms with E-state index in [4.69, 9.17) is 4.28 Å². The van der Waals surface area contributed by atoms with Crippen LogP contribution in [0.15, 0.2) is 64.6 Å². The number of carbonyl (C=O) groups excluding carboxylic acids is 1. The molecule has 0 aliphatic heterocycles. The van der Waals surface area contributed by atoms with Crippen molar-refractivity contribution < 1.29 is 17.5 Å². The lowest BCUT2D eigenvalue weighted by atomic mass is 10.1. The van der Waals surface area contributed by atoms with E-state index in [-0.39, 0.29) is 16.5 Å². The number of hydrogen-bond acceptors (Lipinski definition) is 5. The van der Waals surface area contributed by atoms with Gasteiger partial charge in [0.15, 0.2) is 5.71 Å². The number of benzene rings is 2. The first-order valence-corrected chi connectivity index (χ1v) is 9.73. The molecule has 2 aromatic carbocycles. The molecule has 2 rings (SSSR count). The zero-order valence-corrected chi connectivity index (χ0v) is 15.9. The Morgan fingerprint density at radius 2 is 1.58 bits per heavy atom. The summed E-state index contributed by atoms with van der Waals surface area (Å²) in [6, 6.07) is 14.9. The van der Waals surface area contributed by atoms with Crippen LogP contribution in [-0.4, -0.2) is 38.0 Å². The van der Waals surface area contributed by atoms with E-state index in [1.165, 1.54) is 12.1 Å². The van der Waals surface area contributed by atoms with Gasteiger partial charge in [0.2, 0.25) is 0 Å². The molecule has 0 atom stereocenters. The predicted octanol–water partition coefficient (Wildman–Crippen LogP) is 2.97. The highest BCUT2D eigenvalue weighted by atomic mass is 32.2. The van der Waals surface area contributed by atoms with Gasteiger partial charge in [-0.3, -0.25) is 9.08 Å². The molecule has 0 heterocycles. The van der Waals surface area contributed by atoms with E-state index < -0.39 is 10.1 Å². The normalized spacial score (nSPS) is 11.9. The highest BCUT2D eigenvalue weighted by Crippen LogP contribution is 2.15. The summed E-state index contributed by atoms with van der Waals surface area (Å²) in [5.74, 6) is -0.389. The Morgan fingerprint density at radius 3 is 2.12 bits per heavy atom. The van der Waals surface area contributed by atoms with Crippen molar-refractivity contribution >= 4 is 21.7 Å². The molecule has 0 fully saturated rings. The Labute approximate surface area is 154 Å². The Hall–Kier alpha value is -2.67. The average Bonchev–Trinajstić information content (AvgIpc) is 2.64. The fraction of sp³-hybridized carbons (Fsp3) is 0.263. The quantitative estimate of drug-likeness (QED) is 0.551. The fourth-order valence-electron chi connectivity index (χ4n) is 2.31. The lowest BCUT2D eigenvalue weighted by molar-refractivity contribution is -0.123. The van der Waals surface area contributed by atoms with E-state index in [0.29, 0.717) is 18.7 Å². The molecule has 0 saturated heterocycles. The third kappa shape index (κ3) is 4.70. The summed E-state index contributed by atoms with van der Waals surface area (Å²) in [6.45, 7) is 6.49. The smallest absolute Gasteiger partial charge is 0.338 e. The van der Waals surface area contributed by atoms with Crippen molar-refractivity contribution in [2.75, 3.05) is 13.1 Å². The molecule has 0 saturated carbocycles. The minimum absolute atomic E-state index is 0.0189. The van der Waals surface area contributed by atoms with Gasteiger partial charge in [-0.15, -0.1) is 0 Å². The molecule has 26 heavy (non-hydrogen) atoms. The maximum Gasteiger partial charge on any atom is 0.358 e. The van der Waals surface area contributed by atoms with E-state index in [1.54, 1.807) is 47.4 Å². The van der Waals surface area contributed by atoms with E-state index in [0.717, 1.165) is 5.56 Å². The monoisotopic (exact) mass is 374 g/mol. The Morgan fingerprint density at radius 1 is 1.00 bits per heavy atom. The molecule has 0 N–H and O–H groups in total. The zero-order chi connectivity index (χ0) is 19.2. The number of amides is 1. The van der Waals surface area contributed by atoms with Crippen molar-refractivity contribution in [2.24, 2.45) is 5.16 Å². The maximum atomic E-state index is 12.7. The van der Waals surface area contributed by atoms with Crippen LogP contribution in [0.25, 0.3) is 0 Å². The molecule has 0 spiro atoms. The summed E-state index contributed by atoms with van der Waals surface area (Å²) in [5.41, 5.74) is 1.36. The lowest BCUT2D eigenvalue weighted by Crippen LogP contribution is -2.37. The second kappa shape index (κ2) is 8.62. The van der Waals surface area contributed by atoms with Gasteiger partial charge in [0.1, 0.15) is 4.90 Å². The molecule has 138 valence electrons.